The van der Waals surface area contributed by atoms with Crippen LogP contribution in [0.5, 0.6) is 0 Å². The number of hydrazine groups is 1. The highest BCUT2D eigenvalue weighted by atomic mass is 16.5. The summed E-state index contributed by atoms with van der Waals surface area (Å²) >= 11 is 0. The zero-order chi connectivity index (χ0) is 12.8. The molecular weight excluding hydrogens is 224 g/mol. The van der Waals surface area contributed by atoms with E-state index in [2.05, 4.69) is 4.74 Å². The quantitative estimate of drug-likeness (QED) is 0.651. The lowest BCUT2D eigenvalue weighted by atomic mass is 10.1. The molecule has 1 aromatic rings. The number of methoxy groups -OCH3 is 1. The van der Waals surface area contributed by atoms with Crippen molar-refractivity contribution in [3.05, 3.63) is 35.4 Å². The molecule has 1 rings (SSSR count). The Labute approximate surface area is 98.6 Å². The normalized spacial score (nSPS) is 11.5. The molecule has 0 aliphatic carbocycles. The molecule has 0 bridgehead atoms. The summed E-state index contributed by atoms with van der Waals surface area (Å²) in [7, 11) is 1.16. The highest BCUT2D eigenvalue weighted by molar-refractivity contribution is 5.83. The number of aryl methyl sites for hydroxylation is 1. The van der Waals surface area contributed by atoms with Gasteiger partial charge in [-0.1, -0.05) is 29.8 Å². The van der Waals surface area contributed by atoms with E-state index in [0.29, 0.717) is 5.56 Å². The Hall–Kier alpha value is -2.08. The Morgan fingerprint density at radius 1 is 1.24 bits per heavy atom. The lowest BCUT2D eigenvalue weighted by Gasteiger charge is -2.11. The number of benzene rings is 1. The average Bonchev–Trinajstić information content (AvgIpc) is 2.35. The van der Waals surface area contributed by atoms with E-state index < -0.39 is 18.1 Å². The Morgan fingerprint density at radius 2 is 1.82 bits per heavy atom. The van der Waals surface area contributed by atoms with Crippen molar-refractivity contribution >= 4 is 12.0 Å². The fourth-order valence-electron chi connectivity index (χ4n) is 1.13. The Kier molecular flexibility index (Phi) is 4.47. The van der Waals surface area contributed by atoms with Crippen molar-refractivity contribution < 1.29 is 19.4 Å². The molecule has 3 N–H and O–H groups in total. The van der Waals surface area contributed by atoms with Gasteiger partial charge in [-0.05, 0) is 12.5 Å². The highest BCUT2D eigenvalue weighted by Gasteiger charge is 2.17. The van der Waals surface area contributed by atoms with Crippen LogP contribution < -0.4 is 10.9 Å². The van der Waals surface area contributed by atoms with Crippen molar-refractivity contribution in [2.45, 2.75) is 13.0 Å². The number of carbonyl (C=O) groups is 2. The molecule has 0 radical (unpaired) electrons. The first kappa shape index (κ1) is 13.0. The minimum atomic E-state index is -1.34. The van der Waals surface area contributed by atoms with Crippen molar-refractivity contribution in [2.24, 2.45) is 0 Å². The zero-order valence-electron chi connectivity index (χ0n) is 9.56. The summed E-state index contributed by atoms with van der Waals surface area (Å²) in [6, 6.07) is 6.83. The highest BCUT2D eigenvalue weighted by Crippen LogP contribution is 2.13. The van der Waals surface area contributed by atoms with Gasteiger partial charge < -0.3 is 9.84 Å². The zero-order valence-corrected chi connectivity index (χ0v) is 9.56. The summed E-state index contributed by atoms with van der Waals surface area (Å²) in [5.74, 6) is -0.737. The molecule has 1 atom stereocenters. The summed E-state index contributed by atoms with van der Waals surface area (Å²) in [5, 5.41) is 9.66. The van der Waals surface area contributed by atoms with E-state index >= 15 is 0 Å². The van der Waals surface area contributed by atoms with Gasteiger partial charge >= 0.3 is 6.09 Å². The van der Waals surface area contributed by atoms with Crippen LogP contribution >= 0.6 is 0 Å². The van der Waals surface area contributed by atoms with Crippen molar-refractivity contribution in [3.8, 4) is 0 Å². The molecule has 0 fully saturated rings. The molecule has 17 heavy (non-hydrogen) atoms. The van der Waals surface area contributed by atoms with E-state index in [1.54, 1.807) is 24.3 Å². The molecule has 1 aromatic carbocycles. The topological polar surface area (TPSA) is 87.7 Å². The molecule has 0 spiro atoms. The number of hydrogen-bond acceptors (Lipinski definition) is 4. The summed E-state index contributed by atoms with van der Waals surface area (Å²) in [4.78, 5) is 22.1. The van der Waals surface area contributed by atoms with Gasteiger partial charge in [-0.2, -0.15) is 0 Å². The first-order valence-electron chi connectivity index (χ1n) is 4.93. The molecule has 6 nitrogen and oxygen atoms in total. The van der Waals surface area contributed by atoms with Crippen LogP contribution in [-0.4, -0.2) is 24.2 Å². The van der Waals surface area contributed by atoms with Crippen LogP contribution in [0.1, 0.15) is 17.2 Å². The molecule has 1 unspecified atom stereocenters. The standard InChI is InChI=1S/C11H14N2O4/c1-7-3-5-8(6-4-7)9(14)10(15)12-13-11(16)17-2/h3-6,9,14H,1-2H3,(H,12,15)(H,13,16). The minimum absolute atomic E-state index is 0.444. The van der Waals surface area contributed by atoms with Gasteiger partial charge in [0, 0.05) is 0 Å². The molecule has 0 heterocycles. The van der Waals surface area contributed by atoms with Gasteiger partial charge in [0.25, 0.3) is 5.91 Å². The maximum Gasteiger partial charge on any atom is 0.425 e. The number of carbonyl (C=O) groups excluding carboxylic acids is 2. The predicted molar refractivity (Wildman–Crippen MR) is 59.8 cm³/mol. The van der Waals surface area contributed by atoms with Crippen molar-refractivity contribution in [1.29, 1.82) is 0 Å². The first-order valence-corrected chi connectivity index (χ1v) is 4.93. The number of aliphatic hydroxyl groups is 1. The molecular formula is C11H14N2O4. The van der Waals surface area contributed by atoms with Gasteiger partial charge in [-0.25, -0.2) is 10.2 Å². The summed E-state index contributed by atoms with van der Waals surface area (Å²) in [6.07, 6.45) is -2.15. The van der Waals surface area contributed by atoms with Crippen LogP contribution in [0.2, 0.25) is 0 Å². The lowest BCUT2D eigenvalue weighted by molar-refractivity contribution is -0.130. The van der Waals surface area contributed by atoms with Gasteiger partial charge in [0.15, 0.2) is 6.10 Å². The second kappa shape index (κ2) is 5.86. The van der Waals surface area contributed by atoms with Gasteiger partial charge in [0.2, 0.25) is 0 Å². The summed E-state index contributed by atoms with van der Waals surface area (Å²) in [6.45, 7) is 1.90. The smallest absolute Gasteiger partial charge is 0.425 e. The molecule has 0 aliphatic rings. The van der Waals surface area contributed by atoms with Crippen LogP contribution in [-0.2, 0) is 9.53 Å². The van der Waals surface area contributed by atoms with Crippen LogP contribution in [0.4, 0.5) is 4.79 Å². The van der Waals surface area contributed by atoms with E-state index in [9.17, 15) is 14.7 Å². The Bertz CT molecular complexity index is 402. The minimum Gasteiger partial charge on any atom is -0.452 e. The van der Waals surface area contributed by atoms with Gasteiger partial charge in [-0.15, -0.1) is 0 Å². The third-order valence-electron chi connectivity index (χ3n) is 2.11. The Balaban J connectivity index is 2.57. The Morgan fingerprint density at radius 3 is 2.35 bits per heavy atom. The fourth-order valence-corrected chi connectivity index (χ4v) is 1.13. The number of aliphatic hydroxyl groups excluding tert-OH is 1. The van der Waals surface area contributed by atoms with E-state index in [4.69, 9.17) is 0 Å². The molecule has 0 saturated heterocycles. The summed E-state index contributed by atoms with van der Waals surface area (Å²) < 4.78 is 4.26. The van der Waals surface area contributed by atoms with Crippen molar-refractivity contribution in [3.63, 3.8) is 0 Å². The van der Waals surface area contributed by atoms with E-state index in [0.717, 1.165) is 12.7 Å². The lowest BCUT2D eigenvalue weighted by Crippen LogP contribution is -2.43. The largest absolute Gasteiger partial charge is 0.452 e. The van der Waals surface area contributed by atoms with Crippen LogP contribution in [0.3, 0.4) is 0 Å². The number of rotatable bonds is 2. The molecule has 0 aliphatic heterocycles. The summed E-state index contributed by atoms with van der Waals surface area (Å²) in [5.41, 5.74) is 5.47. The van der Waals surface area contributed by atoms with E-state index in [1.807, 2.05) is 17.8 Å². The van der Waals surface area contributed by atoms with Gasteiger partial charge in [-0.3, -0.25) is 10.2 Å². The van der Waals surface area contributed by atoms with Gasteiger partial charge in [0.05, 0.1) is 7.11 Å². The fraction of sp³-hybridized carbons (Fsp3) is 0.273. The second-order valence-electron chi connectivity index (χ2n) is 3.42. The monoisotopic (exact) mass is 238 g/mol. The molecule has 0 aromatic heterocycles. The predicted octanol–water partition coefficient (Wildman–Crippen LogP) is 0.416. The van der Waals surface area contributed by atoms with Crippen LogP contribution in [0, 0.1) is 6.92 Å². The first-order chi connectivity index (χ1) is 8.04. The number of ether oxygens (including phenoxy) is 1. The second-order valence-corrected chi connectivity index (χ2v) is 3.42. The SMILES string of the molecule is COC(=O)NNC(=O)C(O)c1ccc(C)cc1. The van der Waals surface area contributed by atoms with Crippen molar-refractivity contribution in [2.75, 3.05) is 7.11 Å². The van der Waals surface area contributed by atoms with Crippen LogP contribution in [0.15, 0.2) is 24.3 Å². The molecule has 2 amide bonds. The molecule has 0 saturated carbocycles. The molecule has 6 heteroatoms. The maximum absolute atomic E-state index is 11.4. The third kappa shape index (κ3) is 3.76. The number of hydrogen-bond donors (Lipinski definition) is 3. The third-order valence-corrected chi connectivity index (χ3v) is 2.11. The van der Waals surface area contributed by atoms with E-state index in [1.165, 1.54) is 0 Å². The maximum atomic E-state index is 11.4. The van der Waals surface area contributed by atoms with Gasteiger partial charge in [0.1, 0.15) is 0 Å². The van der Waals surface area contributed by atoms with Crippen LogP contribution in [0.25, 0.3) is 0 Å². The van der Waals surface area contributed by atoms with E-state index in [-0.39, 0.29) is 0 Å². The van der Waals surface area contributed by atoms with Crippen molar-refractivity contribution in [1.82, 2.24) is 10.9 Å². The average molecular weight is 238 g/mol. The number of nitrogens with one attached hydrogen (secondary N) is 2. The number of amides is 2. The molecule has 92 valence electrons.